The van der Waals surface area contributed by atoms with Crippen LogP contribution in [-0.2, 0) is 11.3 Å². The van der Waals surface area contributed by atoms with Gasteiger partial charge in [-0.3, -0.25) is 14.3 Å². The minimum absolute atomic E-state index is 0.0286. The zero-order valence-corrected chi connectivity index (χ0v) is 15.6. The van der Waals surface area contributed by atoms with Crippen LogP contribution in [0.1, 0.15) is 28.6 Å². The Labute approximate surface area is 167 Å². The third-order valence-electron chi connectivity index (χ3n) is 4.97. The molecule has 3 heterocycles. The third kappa shape index (κ3) is 3.26. The number of carboxylic acids is 1. The van der Waals surface area contributed by atoms with Crippen molar-refractivity contribution < 1.29 is 24.9 Å². The molecule has 1 aliphatic rings. The van der Waals surface area contributed by atoms with Gasteiger partial charge in [-0.2, -0.15) is 4.98 Å². The molecule has 2 aromatic heterocycles. The highest BCUT2D eigenvalue weighted by atomic mass is 16.5. The van der Waals surface area contributed by atoms with Crippen molar-refractivity contribution in [2.45, 2.75) is 31.4 Å². The van der Waals surface area contributed by atoms with Crippen LogP contribution in [0.2, 0.25) is 0 Å². The Kier molecular flexibility index (Phi) is 4.89. The van der Waals surface area contributed by atoms with Gasteiger partial charge >= 0.3 is 11.7 Å². The van der Waals surface area contributed by atoms with Crippen molar-refractivity contribution >= 4 is 23.1 Å². The Morgan fingerprint density at radius 2 is 2.13 bits per heavy atom. The summed E-state index contributed by atoms with van der Waals surface area (Å²) in [5.74, 6) is -1.35. The number of imidazole rings is 1. The van der Waals surface area contributed by atoms with Gasteiger partial charge in [-0.25, -0.2) is 14.2 Å². The number of nitrogens with two attached hydrogens (primary N) is 1. The Bertz CT molecular complexity index is 1240. The summed E-state index contributed by atoms with van der Waals surface area (Å²) in [6, 6.07) is 5.94. The van der Waals surface area contributed by atoms with E-state index in [1.807, 2.05) is 0 Å². The first-order valence-electron chi connectivity index (χ1n) is 9.07. The van der Waals surface area contributed by atoms with E-state index in [0.29, 0.717) is 5.56 Å². The largest absolute Gasteiger partial charge is 0.478 e. The topological polar surface area (TPSA) is 186 Å². The van der Waals surface area contributed by atoms with Gasteiger partial charge in [-0.1, -0.05) is 12.1 Å². The number of aliphatic hydroxyl groups is 2. The highest BCUT2D eigenvalue weighted by molar-refractivity contribution is 5.87. The second-order valence-electron chi connectivity index (χ2n) is 7.00. The van der Waals surface area contributed by atoms with Gasteiger partial charge in [0.05, 0.1) is 24.8 Å². The lowest BCUT2D eigenvalue weighted by molar-refractivity contribution is -0.0505. The van der Waals surface area contributed by atoms with Gasteiger partial charge in [0.25, 0.3) is 5.56 Å². The molecule has 0 radical (unpaired) electrons. The highest BCUT2D eigenvalue weighted by Crippen LogP contribution is 2.29. The fraction of sp³-hybridized carbons (Fsp3) is 0.333. The Balaban J connectivity index is 1.90. The maximum Gasteiger partial charge on any atom is 0.335 e. The minimum Gasteiger partial charge on any atom is -0.478 e. The number of aromatic nitrogens is 4. The van der Waals surface area contributed by atoms with Crippen LogP contribution in [0.15, 0.2) is 33.9 Å². The van der Waals surface area contributed by atoms with Crippen LogP contribution >= 0.6 is 0 Å². The summed E-state index contributed by atoms with van der Waals surface area (Å²) in [6.07, 6.45) is -2.87. The SMILES string of the molecule is Nc1nc2c(c(=O)[nH]1)n(Cc1cccc(C(=O)O)c1)c(=O)n2[C@@H]1O[C@H](CO)C[C@H]1O. The second kappa shape index (κ2) is 7.40. The molecule has 0 unspecified atom stereocenters. The van der Waals surface area contributed by atoms with Gasteiger partial charge in [0.15, 0.2) is 17.4 Å². The average molecular weight is 417 g/mol. The minimum atomic E-state index is -1.17. The fourth-order valence-electron chi connectivity index (χ4n) is 3.64. The molecule has 12 heteroatoms. The Morgan fingerprint density at radius 1 is 1.37 bits per heavy atom. The number of carboxylic acid groups (broad SMARTS) is 1. The molecule has 30 heavy (non-hydrogen) atoms. The van der Waals surface area contributed by atoms with E-state index < -0.39 is 35.7 Å². The normalized spacial score (nSPS) is 21.3. The predicted octanol–water partition coefficient (Wildman–Crippen LogP) is -1.14. The van der Waals surface area contributed by atoms with Gasteiger partial charge in [0.1, 0.15) is 6.10 Å². The number of aromatic carboxylic acids is 1. The van der Waals surface area contributed by atoms with Crippen LogP contribution < -0.4 is 17.0 Å². The van der Waals surface area contributed by atoms with Crippen LogP contribution in [0.3, 0.4) is 0 Å². The molecule has 1 saturated heterocycles. The molecule has 0 aliphatic carbocycles. The number of hydrogen-bond acceptors (Lipinski definition) is 8. The number of aliphatic hydroxyl groups excluding tert-OH is 2. The lowest BCUT2D eigenvalue weighted by Crippen LogP contribution is -2.32. The summed E-state index contributed by atoms with van der Waals surface area (Å²) in [5, 5.41) is 28.9. The molecular weight excluding hydrogens is 398 g/mol. The van der Waals surface area contributed by atoms with E-state index in [0.717, 1.165) is 9.13 Å². The van der Waals surface area contributed by atoms with Gasteiger partial charge in [0.2, 0.25) is 5.95 Å². The lowest BCUT2D eigenvalue weighted by Gasteiger charge is -2.15. The summed E-state index contributed by atoms with van der Waals surface area (Å²) in [4.78, 5) is 43.4. The predicted molar refractivity (Wildman–Crippen MR) is 103 cm³/mol. The van der Waals surface area contributed by atoms with Crippen molar-refractivity contribution in [1.82, 2.24) is 19.1 Å². The van der Waals surface area contributed by atoms with Gasteiger partial charge in [-0.15, -0.1) is 0 Å². The molecule has 12 nitrogen and oxygen atoms in total. The number of carbonyl (C=O) groups is 1. The number of rotatable bonds is 5. The standard InChI is InChI=1S/C18H19N5O7/c19-17-20-13-12(14(26)21-17)22(6-8-2-1-3-9(4-8)16(27)28)18(29)23(13)15-11(25)5-10(7-24)30-15/h1-4,10-11,15,24-25H,5-7H2,(H,27,28)(H3,19,20,21,26)/t10-,11+,15+/m0/s1. The van der Waals surface area contributed by atoms with Crippen molar-refractivity contribution in [3.63, 3.8) is 0 Å². The van der Waals surface area contributed by atoms with E-state index in [2.05, 4.69) is 9.97 Å². The summed E-state index contributed by atoms with van der Waals surface area (Å²) in [6.45, 7) is -0.469. The van der Waals surface area contributed by atoms with Gasteiger partial charge < -0.3 is 25.8 Å². The number of fused-ring (bicyclic) bond motifs is 1. The number of H-pyrrole nitrogens is 1. The van der Waals surface area contributed by atoms with Crippen molar-refractivity contribution in [1.29, 1.82) is 0 Å². The number of nitrogens with zero attached hydrogens (tertiary/aromatic N) is 3. The fourth-order valence-corrected chi connectivity index (χ4v) is 3.64. The summed E-state index contributed by atoms with van der Waals surface area (Å²) < 4.78 is 7.72. The molecule has 1 aliphatic heterocycles. The van der Waals surface area contributed by atoms with Crippen LogP contribution in [-0.4, -0.2) is 59.2 Å². The first kappa shape index (κ1) is 19.8. The molecular formula is C18H19N5O7. The maximum absolute atomic E-state index is 13.2. The van der Waals surface area contributed by atoms with Crippen LogP contribution in [0.4, 0.5) is 5.95 Å². The number of nitrogens with one attached hydrogen (secondary N) is 1. The van der Waals surface area contributed by atoms with Crippen molar-refractivity contribution in [3.05, 3.63) is 56.2 Å². The van der Waals surface area contributed by atoms with E-state index in [-0.39, 0.29) is 42.2 Å². The molecule has 4 rings (SSSR count). The Hall–Kier alpha value is -3.48. The monoisotopic (exact) mass is 417 g/mol. The summed E-state index contributed by atoms with van der Waals surface area (Å²) >= 11 is 0. The molecule has 6 N–H and O–H groups in total. The van der Waals surface area contributed by atoms with Crippen molar-refractivity contribution in [2.75, 3.05) is 12.3 Å². The molecule has 0 saturated carbocycles. The molecule has 1 aromatic carbocycles. The van der Waals surface area contributed by atoms with E-state index in [1.165, 1.54) is 18.2 Å². The van der Waals surface area contributed by atoms with E-state index in [4.69, 9.17) is 10.5 Å². The molecule has 0 spiro atoms. The quantitative estimate of drug-likeness (QED) is 0.342. The zero-order valence-electron chi connectivity index (χ0n) is 15.6. The van der Waals surface area contributed by atoms with E-state index in [1.54, 1.807) is 6.07 Å². The number of nitrogen functional groups attached to an aromatic ring is 1. The molecule has 1 fully saturated rings. The number of benzene rings is 1. The summed E-state index contributed by atoms with van der Waals surface area (Å²) in [7, 11) is 0. The smallest absolute Gasteiger partial charge is 0.335 e. The zero-order chi connectivity index (χ0) is 21.6. The number of hydrogen-bond donors (Lipinski definition) is 5. The number of ether oxygens (including phenoxy) is 1. The number of anilines is 1. The highest BCUT2D eigenvalue weighted by Gasteiger charge is 2.38. The average Bonchev–Trinajstić information content (AvgIpc) is 3.19. The summed E-state index contributed by atoms with van der Waals surface area (Å²) in [5.41, 5.74) is 4.59. The third-order valence-corrected chi connectivity index (χ3v) is 4.97. The molecule has 3 atom stereocenters. The molecule has 0 amide bonds. The molecule has 0 bridgehead atoms. The molecule has 158 valence electrons. The Morgan fingerprint density at radius 3 is 2.80 bits per heavy atom. The van der Waals surface area contributed by atoms with E-state index >= 15 is 0 Å². The van der Waals surface area contributed by atoms with Crippen LogP contribution in [0, 0.1) is 0 Å². The first-order valence-corrected chi connectivity index (χ1v) is 9.07. The van der Waals surface area contributed by atoms with Crippen molar-refractivity contribution in [2.24, 2.45) is 0 Å². The lowest BCUT2D eigenvalue weighted by atomic mass is 10.1. The van der Waals surface area contributed by atoms with E-state index in [9.17, 15) is 29.7 Å². The second-order valence-corrected chi connectivity index (χ2v) is 7.00. The van der Waals surface area contributed by atoms with Gasteiger partial charge in [0, 0.05) is 6.42 Å². The van der Waals surface area contributed by atoms with Gasteiger partial charge in [-0.05, 0) is 17.7 Å². The maximum atomic E-state index is 13.2. The van der Waals surface area contributed by atoms with Crippen molar-refractivity contribution in [3.8, 4) is 0 Å². The molecule has 3 aromatic rings. The first-order chi connectivity index (χ1) is 14.3. The number of aromatic amines is 1. The van der Waals surface area contributed by atoms with Crippen LogP contribution in [0.25, 0.3) is 11.2 Å². The van der Waals surface area contributed by atoms with Crippen LogP contribution in [0.5, 0.6) is 0 Å².